The largest absolute Gasteiger partial charge is 0.467 e. The lowest BCUT2D eigenvalue weighted by Gasteiger charge is -2.11. The molecule has 1 aromatic carbocycles. The van der Waals surface area contributed by atoms with Crippen molar-refractivity contribution in [1.29, 1.82) is 0 Å². The van der Waals surface area contributed by atoms with Crippen molar-refractivity contribution in [2.75, 3.05) is 5.32 Å². The molecule has 3 aromatic rings. The summed E-state index contributed by atoms with van der Waals surface area (Å²) in [6.07, 6.45) is -3.16. The number of furan rings is 1. The molecule has 2 heterocycles. The number of nitrogens with zero attached hydrogens (tertiary/aromatic N) is 2. The Balaban J connectivity index is 1.75. The van der Waals surface area contributed by atoms with Crippen LogP contribution in [-0.4, -0.2) is 21.6 Å². The molecule has 29 heavy (non-hydrogen) atoms. The zero-order valence-corrected chi connectivity index (χ0v) is 15.5. The molecule has 2 N–H and O–H groups in total. The zero-order valence-electron chi connectivity index (χ0n) is 15.5. The molecule has 152 valence electrons. The van der Waals surface area contributed by atoms with Crippen molar-refractivity contribution in [1.82, 2.24) is 15.1 Å². The second-order valence-corrected chi connectivity index (χ2v) is 6.28. The number of carbonyl (C=O) groups excluding carboxylic acids is 2. The number of hydrogen-bond acceptors (Lipinski definition) is 4. The highest BCUT2D eigenvalue weighted by Gasteiger charge is 2.35. The summed E-state index contributed by atoms with van der Waals surface area (Å²) in [5, 5.41) is 8.53. The second-order valence-electron chi connectivity index (χ2n) is 6.28. The molecule has 2 amide bonds. The van der Waals surface area contributed by atoms with Crippen LogP contribution in [0.3, 0.4) is 0 Å². The summed E-state index contributed by atoms with van der Waals surface area (Å²) in [7, 11) is 1.25. The number of rotatable bonds is 5. The van der Waals surface area contributed by atoms with Crippen LogP contribution in [0.2, 0.25) is 0 Å². The van der Waals surface area contributed by atoms with E-state index in [9.17, 15) is 22.8 Å². The normalized spacial score (nSPS) is 11.3. The molecular formula is C19H17F3N4O3. The summed E-state index contributed by atoms with van der Waals surface area (Å²) >= 11 is 0. The molecule has 3 rings (SSSR count). The van der Waals surface area contributed by atoms with Crippen LogP contribution in [0.1, 0.15) is 37.9 Å². The van der Waals surface area contributed by atoms with Crippen molar-refractivity contribution in [3.8, 4) is 0 Å². The van der Waals surface area contributed by atoms with E-state index >= 15 is 0 Å². The Kier molecular flexibility index (Phi) is 5.44. The van der Waals surface area contributed by atoms with E-state index in [0.717, 1.165) is 4.68 Å². The van der Waals surface area contributed by atoms with Crippen molar-refractivity contribution < 1.29 is 27.2 Å². The average molecular weight is 406 g/mol. The fourth-order valence-electron chi connectivity index (χ4n) is 2.59. The second kappa shape index (κ2) is 7.82. The number of carbonyl (C=O) groups is 2. The van der Waals surface area contributed by atoms with Crippen LogP contribution in [0.4, 0.5) is 18.9 Å². The Morgan fingerprint density at radius 2 is 1.93 bits per heavy atom. The van der Waals surface area contributed by atoms with Gasteiger partial charge in [-0.05, 0) is 36.8 Å². The maximum atomic E-state index is 12.8. The van der Waals surface area contributed by atoms with Crippen molar-refractivity contribution in [2.45, 2.75) is 19.6 Å². The summed E-state index contributed by atoms with van der Waals surface area (Å²) in [5.74, 6) is -0.584. The minimum absolute atomic E-state index is 0.191. The standard InChI is InChI=1S/C19H17F3N4O3/c1-11-5-6-12(17(27)23-10-13-4-3-7-29-13)8-14(11)24-18(28)15-9-16(19(20,21)22)25-26(15)2/h3-9H,10H2,1-2H3,(H,23,27)(H,24,28). The third kappa shape index (κ3) is 4.65. The number of anilines is 1. The lowest BCUT2D eigenvalue weighted by atomic mass is 10.1. The highest BCUT2D eigenvalue weighted by Crippen LogP contribution is 2.28. The van der Waals surface area contributed by atoms with Gasteiger partial charge in [0.1, 0.15) is 11.5 Å². The summed E-state index contributed by atoms with van der Waals surface area (Å²) < 4.78 is 44.4. The molecule has 0 atom stereocenters. The van der Waals surface area contributed by atoms with Crippen molar-refractivity contribution in [3.05, 3.63) is 70.9 Å². The molecule has 2 aromatic heterocycles. The van der Waals surface area contributed by atoms with Gasteiger partial charge in [-0.2, -0.15) is 18.3 Å². The van der Waals surface area contributed by atoms with Crippen LogP contribution in [0, 0.1) is 6.92 Å². The van der Waals surface area contributed by atoms with E-state index in [1.807, 2.05) is 0 Å². The van der Waals surface area contributed by atoms with Crippen molar-refractivity contribution in [3.63, 3.8) is 0 Å². The van der Waals surface area contributed by atoms with Gasteiger partial charge in [-0.3, -0.25) is 14.3 Å². The Morgan fingerprint density at radius 3 is 2.55 bits per heavy atom. The number of alkyl halides is 3. The molecular weight excluding hydrogens is 389 g/mol. The third-order valence-electron chi connectivity index (χ3n) is 4.15. The Labute approximate surface area is 163 Å². The SMILES string of the molecule is Cc1ccc(C(=O)NCc2ccco2)cc1NC(=O)c1cc(C(F)(F)F)nn1C. The first-order valence-corrected chi connectivity index (χ1v) is 8.49. The minimum atomic E-state index is -4.65. The minimum Gasteiger partial charge on any atom is -0.467 e. The number of aryl methyl sites for hydroxylation is 2. The molecule has 0 spiro atoms. The van der Waals surface area contributed by atoms with Gasteiger partial charge in [-0.1, -0.05) is 6.07 Å². The van der Waals surface area contributed by atoms with Gasteiger partial charge < -0.3 is 15.1 Å². The van der Waals surface area contributed by atoms with Crippen LogP contribution in [-0.2, 0) is 19.8 Å². The Bertz CT molecular complexity index is 1040. The Morgan fingerprint density at radius 1 is 1.17 bits per heavy atom. The number of benzene rings is 1. The van der Waals surface area contributed by atoms with E-state index in [-0.39, 0.29) is 17.8 Å². The third-order valence-corrected chi connectivity index (χ3v) is 4.15. The molecule has 7 nitrogen and oxygen atoms in total. The molecule has 0 bridgehead atoms. The smallest absolute Gasteiger partial charge is 0.435 e. The summed E-state index contributed by atoms with van der Waals surface area (Å²) in [4.78, 5) is 24.8. The van der Waals surface area contributed by atoms with Crippen LogP contribution < -0.4 is 10.6 Å². The summed E-state index contributed by atoms with van der Waals surface area (Å²) in [5.41, 5.74) is -0.203. The van der Waals surface area contributed by atoms with Gasteiger partial charge in [0.25, 0.3) is 11.8 Å². The first kappa shape index (κ1) is 20.2. The molecule has 0 aliphatic heterocycles. The van der Waals surface area contributed by atoms with Crippen molar-refractivity contribution >= 4 is 17.5 Å². The summed E-state index contributed by atoms with van der Waals surface area (Å²) in [6, 6.07) is 8.74. The molecule has 10 heteroatoms. The van der Waals surface area contributed by atoms with Gasteiger partial charge >= 0.3 is 6.18 Å². The van der Waals surface area contributed by atoms with E-state index in [1.54, 1.807) is 31.2 Å². The van der Waals surface area contributed by atoms with Crippen LogP contribution >= 0.6 is 0 Å². The van der Waals surface area contributed by atoms with E-state index in [0.29, 0.717) is 23.1 Å². The lowest BCUT2D eigenvalue weighted by molar-refractivity contribution is -0.141. The van der Waals surface area contributed by atoms with Crippen LogP contribution in [0.5, 0.6) is 0 Å². The number of hydrogen-bond donors (Lipinski definition) is 2. The summed E-state index contributed by atoms with van der Waals surface area (Å²) in [6.45, 7) is 1.89. The first-order chi connectivity index (χ1) is 13.6. The average Bonchev–Trinajstić information content (AvgIpc) is 3.30. The Hall–Kier alpha value is -3.56. The van der Waals surface area contributed by atoms with Gasteiger partial charge in [-0.15, -0.1) is 0 Å². The van der Waals surface area contributed by atoms with Crippen LogP contribution in [0.15, 0.2) is 47.1 Å². The van der Waals surface area contributed by atoms with E-state index in [1.165, 1.54) is 19.4 Å². The maximum Gasteiger partial charge on any atom is 0.435 e. The van der Waals surface area contributed by atoms with E-state index < -0.39 is 23.7 Å². The molecule has 0 saturated heterocycles. The van der Waals surface area contributed by atoms with E-state index in [2.05, 4.69) is 15.7 Å². The molecule has 0 radical (unpaired) electrons. The fraction of sp³-hybridized carbons (Fsp3) is 0.211. The molecule has 0 saturated carbocycles. The topological polar surface area (TPSA) is 89.2 Å². The quantitative estimate of drug-likeness (QED) is 0.679. The van der Waals surface area contributed by atoms with Gasteiger partial charge in [0.15, 0.2) is 5.69 Å². The number of halogens is 3. The van der Waals surface area contributed by atoms with Crippen LogP contribution in [0.25, 0.3) is 0 Å². The van der Waals surface area contributed by atoms with E-state index in [4.69, 9.17) is 4.42 Å². The highest BCUT2D eigenvalue weighted by molar-refractivity contribution is 6.04. The van der Waals surface area contributed by atoms with Gasteiger partial charge in [-0.25, -0.2) is 0 Å². The highest BCUT2D eigenvalue weighted by atomic mass is 19.4. The predicted octanol–water partition coefficient (Wildman–Crippen LogP) is 3.52. The van der Waals surface area contributed by atoms with Gasteiger partial charge in [0.2, 0.25) is 0 Å². The van der Waals surface area contributed by atoms with Gasteiger partial charge in [0, 0.05) is 24.4 Å². The monoisotopic (exact) mass is 406 g/mol. The van der Waals surface area contributed by atoms with Gasteiger partial charge in [0.05, 0.1) is 12.8 Å². The maximum absolute atomic E-state index is 12.8. The molecule has 0 aliphatic rings. The molecule has 0 aliphatic carbocycles. The number of amides is 2. The fourth-order valence-corrected chi connectivity index (χ4v) is 2.59. The van der Waals surface area contributed by atoms with Crippen molar-refractivity contribution in [2.24, 2.45) is 7.05 Å². The zero-order chi connectivity index (χ0) is 21.2. The predicted molar refractivity (Wildman–Crippen MR) is 97.2 cm³/mol. The molecule has 0 unspecified atom stereocenters. The number of nitrogens with one attached hydrogen (secondary N) is 2. The lowest BCUT2D eigenvalue weighted by Crippen LogP contribution is -2.23. The number of aromatic nitrogens is 2. The molecule has 0 fully saturated rings. The first-order valence-electron chi connectivity index (χ1n) is 8.49.